The minimum atomic E-state index is -0.402. The van der Waals surface area contributed by atoms with Crippen LogP contribution < -0.4 is 5.69 Å². The molecule has 1 aromatic heterocycles. The molecule has 0 aliphatic heterocycles. The van der Waals surface area contributed by atoms with Crippen LogP contribution in [0.3, 0.4) is 0 Å². The van der Waals surface area contributed by atoms with E-state index in [4.69, 9.17) is 0 Å². The highest BCUT2D eigenvalue weighted by Gasteiger charge is 2.10. The molecule has 0 bridgehead atoms. The Kier molecular flexibility index (Phi) is 2.15. The first-order valence-corrected chi connectivity index (χ1v) is 4.43. The zero-order valence-electron chi connectivity index (χ0n) is 8.11. The van der Waals surface area contributed by atoms with Gasteiger partial charge in [-0.15, -0.1) is 0 Å². The van der Waals surface area contributed by atoms with Gasteiger partial charge in [-0.2, -0.15) is 0 Å². The molecule has 0 amide bonds. The predicted octanol–water partition coefficient (Wildman–Crippen LogP) is 0.678. The van der Waals surface area contributed by atoms with Gasteiger partial charge in [0.2, 0.25) is 0 Å². The zero-order valence-corrected chi connectivity index (χ0v) is 8.11. The molecule has 0 aliphatic carbocycles. The van der Waals surface area contributed by atoms with E-state index in [1.807, 2.05) is 0 Å². The molecule has 0 aliphatic rings. The topological polar surface area (TPSA) is 44.0 Å². The SMILES string of the molecule is Cn1c(=O)n(CC=O)c2ccc(F)cc21. The maximum absolute atomic E-state index is 12.9. The first kappa shape index (κ1) is 9.64. The third kappa shape index (κ3) is 1.36. The van der Waals surface area contributed by atoms with Crippen molar-refractivity contribution in [3.8, 4) is 0 Å². The van der Waals surface area contributed by atoms with Crippen molar-refractivity contribution < 1.29 is 9.18 Å². The molecular weight excluding hydrogens is 199 g/mol. The average molecular weight is 208 g/mol. The van der Waals surface area contributed by atoms with Crippen molar-refractivity contribution in [3.05, 3.63) is 34.5 Å². The second-order valence-corrected chi connectivity index (χ2v) is 3.25. The van der Waals surface area contributed by atoms with Gasteiger partial charge < -0.3 is 4.79 Å². The summed E-state index contributed by atoms with van der Waals surface area (Å²) in [6, 6.07) is 4.04. The molecule has 0 unspecified atom stereocenters. The summed E-state index contributed by atoms with van der Waals surface area (Å²) in [5.74, 6) is -0.402. The second-order valence-electron chi connectivity index (χ2n) is 3.25. The number of hydrogen-bond acceptors (Lipinski definition) is 2. The van der Waals surface area contributed by atoms with E-state index in [0.29, 0.717) is 17.3 Å². The van der Waals surface area contributed by atoms with Crippen molar-refractivity contribution in [2.75, 3.05) is 0 Å². The van der Waals surface area contributed by atoms with Crippen molar-refractivity contribution >= 4 is 17.3 Å². The molecule has 5 heteroatoms. The van der Waals surface area contributed by atoms with E-state index in [-0.39, 0.29) is 12.2 Å². The van der Waals surface area contributed by atoms with E-state index in [1.165, 1.54) is 27.3 Å². The summed E-state index contributed by atoms with van der Waals surface area (Å²) in [7, 11) is 1.55. The normalized spacial score (nSPS) is 10.8. The third-order valence-corrected chi connectivity index (χ3v) is 2.36. The molecule has 1 aromatic carbocycles. The van der Waals surface area contributed by atoms with Gasteiger partial charge in [-0.3, -0.25) is 9.13 Å². The van der Waals surface area contributed by atoms with Crippen LogP contribution in [0, 0.1) is 5.82 Å². The van der Waals surface area contributed by atoms with Crippen LogP contribution in [-0.2, 0) is 18.4 Å². The van der Waals surface area contributed by atoms with Gasteiger partial charge in [-0.25, -0.2) is 9.18 Å². The van der Waals surface area contributed by atoms with E-state index in [2.05, 4.69) is 0 Å². The lowest BCUT2D eigenvalue weighted by molar-refractivity contribution is -0.108. The number of fused-ring (bicyclic) bond motifs is 1. The third-order valence-electron chi connectivity index (χ3n) is 2.36. The van der Waals surface area contributed by atoms with Gasteiger partial charge in [0.25, 0.3) is 0 Å². The fourth-order valence-electron chi connectivity index (χ4n) is 1.63. The monoisotopic (exact) mass is 208 g/mol. The minimum absolute atomic E-state index is 0.0121. The predicted molar refractivity (Wildman–Crippen MR) is 53.2 cm³/mol. The van der Waals surface area contributed by atoms with Gasteiger partial charge in [0, 0.05) is 7.05 Å². The lowest BCUT2D eigenvalue weighted by Gasteiger charge is -1.95. The number of aldehydes is 1. The molecule has 0 spiro atoms. The Bertz CT molecular complexity index is 583. The number of halogens is 1. The fraction of sp³-hybridized carbons (Fsp3) is 0.200. The highest BCUT2D eigenvalue weighted by Crippen LogP contribution is 2.13. The molecule has 2 rings (SSSR count). The Balaban J connectivity index is 2.87. The largest absolute Gasteiger partial charge is 0.329 e. The number of aromatic nitrogens is 2. The number of carbonyl (C=O) groups excluding carboxylic acids is 1. The second kappa shape index (κ2) is 3.34. The van der Waals surface area contributed by atoms with Gasteiger partial charge in [0.1, 0.15) is 12.1 Å². The van der Waals surface area contributed by atoms with E-state index < -0.39 is 5.82 Å². The fourth-order valence-corrected chi connectivity index (χ4v) is 1.63. The number of hydrogen-bond donors (Lipinski definition) is 0. The van der Waals surface area contributed by atoms with Crippen LogP contribution in [0.25, 0.3) is 11.0 Å². The molecule has 2 aromatic rings. The molecule has 78 valence electrons. The van der Waals surface area contributed by atoms with Crippen molar-refractivity contribution in [2.24, 2.45) is 7.05 Å². The molecule has 1 heterocycles. The Labute approximate surface area is 84.5 Å². The first-order chi connectivity index (χ1) is 7.15. The lowest BCUT2D eigenvalue weighted by Crippen LogP contribution is -2.22. The van der Waals surface area contributed by atoms with Crippen LogP contribution >= 0.6 is 0 Å². The first-order valence-electron chi connectivity index (χ1n) is 4.43. The van der Waals surface area contributed by atoms with Gasteiger partial charge in [-0.1, -0.05) is 0 Å². The molecule has 0 fully saturated rings. The summed E-state index contributed by atoms with van der Waals surface area (Å²) in [5, 5.41) is 0. The number of nitrogens with zero attached hydrogens (tertiary/aromatic N) is 2. The number of imidazole rings is 1. The molecule has 0 saturated carbocycles. The quantitative estimate of drug-likeness (QED) is 0.681. The number of carbonyl (C=O) groups is 1. The van der Waals surface area contributed by atoms with Crippen LogP contribution in [0.1, 0.15) is 0 Å². The van der Waals surface area contributed by atoms with E-state index in [0.717, 1.165) is 0 Å². The molecule has 4 nitrogen and oxygen atoms in total. The molecule has 15 heavy (non-hydrogen) atoms. The standard InChI is InChI=1S/C10H9FN2O2/c1-12-9-6-7(11)2-3-8(9)13(4-5-14)10(12)15/h2-3,5-6H,4H2,1H3. The molecule has 0 radical (unpaired) electrons. The molecule has 0 saturated heterocycles. The molecular formula is C10H9FN2O2. The number of aryl methyl sites for hydroxylation is 1. The summed E-state index contributed by atoms with van der Waals surface area (Å²) in [6.45, 7) is -0.0121. The smallest absolute Gasteiger partial charge is 0.301 e. The number of benzene rings is 1. The van der Waals surface area contributed by atoms with Gasteiger partial charge in [-0.05, 0) is 18.2 Å². The number of rotatable bonds is 2. The Morgan fingerprint density at radius 2 is 2.13 bits per heavy atom. The van der Waals surface area contributed by atoms with Crippen LogP contribution in [0.5, 0.6) is 0 Å². The van der Waals surface area contributed by atoms with Gasteiger partial charge >= 0.3 is 5.69 Å². The Morgan fingerprint density at radius 1 is 1.40 bits per heavy atom. The van der Waals surface area contributed by atoms with Crippen LogP contribution in [0.15, 0.2) is 23.0 Å². The summed E-state index contributed by atoms with van der Waals surface area (Å²) in [5.41, 5.74) is 0.737. The van der Waals surface area contributed by atoms with Gasteiger partial charge in [0.15, 0.2) is 0 Å². The van der Waals surface area contributed by atoms with Crippen molar-refractivity contribution in [1.29, 1.82) is 0 Å². The van der Waals surface area contributed by atoms with E-state index in [9.17, 15) is 14.0 Å². The Hall–Kier alpha value is -1.91. The highest BCUT2D eigenvalue weighted by atomic mass is 19.1. The average Bonchev–Trinajstić information content (AvgIpc) is 2.44. The van der Waals surface area contributed by atoms with Crippen LogP contribution in [0.4, 0.5) is 4.39 Å². The minimum Gasteiger partial charge on any atom is -0.301 e. The maximum atomic E-state index is 12.9. The summed E-state index contributed by atoms with van der Waals surface area (Å²) in [4.78, 5) is 22.0. The molecule has 0 N–H and O–H groups in total. The maximum Gasteiger partial charge on any atom is 0.329 e. The van der Waals surface area contributed by atoms with Gasteiger partial charge in [0.05, 0.1) is 17.6 Å². The van der Waals surface area contributed by atoms with Crippen LogP contribution in [-0.4, -0.2) is 15.4 Å². The molecule has 0 atom stereocenters. The van der Waals surface area contributed by atoms with Crippen molar-refractivity contribution in [1.82, 2.24) is 9.13 Å². The zero-order chi connectivity index (χ0) is 11.0. The summed E-state index contributed by atoms with van der Waals surface area (Å²) >= 11 is 0. The Morgan fingerprint density at radius 3 is 2.80 bits per heavy atom. The van der Waals surface area contributed by atoms with E-state index >= 15 is 0 Å². The summed E-state index contributed by atoms with van der Waals surface area (Å²) < 4.78 is 15.6. The van der Waals surface area contributed by atoms with Crippen molar-refractivity contribution in [3.63, 3.8) is 0 Å². The lowest BCUT2D eigenvalue weighted by atomic mass is 10.3. The highest BCUT2D eigenvalue weighted by molar-refractivity contribution is 5.76. The summed E-state index contributed by atoms with van der Waals surface area (Å²) in [6.07, 6.45) is 0.643. The van der Waals surface area contributed by atoms with Crippen LogP contribution in [0.2, 0.25) is 0 Å². The van der Waals surface area contributed by atoms with E-state index in [1.54, 1.807) is 7.05 Å². The van der Waals surface area contributed by atoms with Crippen molar-refractivity contribution in [2.45, 2.75) is 6.54 Å².